The van der Waals surface area contributed by atoms with E-state index in [1.54, 1.807) is 12.1 Å². The van der Waals surface area contributed by atoms with Crippen molar-refractivity contribution in [3.8, 4) is 5.75 Å². The molecule has 1 aliphatic heterocycles. The van der Waals surface area contributed by atoms with Crippen LogP contribution in [0.3, 0.4) is 0 Å². The summed E-state index contributed by atoms with van der Waals surface area (Å²) in [6.45, 7) is 3.44. The number of hydrogen-bond donors (Lipinski definition) is 1. The number of aromatic carboxylic acids is 1. The quantitative estimate of drug-likeness (QED) is 0.925. The minimum absolute atomic E-state index is 0.190. The molecule has 0 aliphatic carbocycles. The molecule has 3 rings (SSSR count). The van der Waals surface area contributed by atoms with E-state index in [4.69, 9.17) is 9.84 Å². The number of methoxy groups -OCH3 is 1. The number of hydrogen-bond acceptors (Lipinski definition) is 4. The van der Waals surface area contributed by atoms with E-state index in [-0.39, 0.29) is 5.56 Å². The summed E-state index contributed by atoms with van der Waals surface area (Å²) >= 11 is 0. The van der Waals surface area contributed by atoms with Gasteiger partial charge in [0, 0.05) is 32.0 Å². The Morgan fingerprint density at radius 1 is 1.43 bits per heavy atom. The van der Waals surface area contributed by atoms with Crippen molar-refractivity contribution in [2.24, 2.45) is 0 Å². The molecule has 0 saturated heterocycles. The van der Waals surface area contributed by atoms with Crippen molar-refractivity contribution in [1.29, 1.82) is 0 Å². The molecule has 0 atom stereocenters. The summed E-state index contributed by atoms with van der Waals surface area (Å²) in [5, 5.41) is 9.09. The highest BCUT2D eigenvalue weighted by atomic mass is 16.5. The van der Waals surface area contributed by atoms with E-state index in [1.165, 1.54) is 7.11 Å². The van der Waals surface area contributed by atoms with E-state index in [0.29, 0.717) is 5.75 Å². The van der Waals surface area contributed by atoms with E-state index in [0.717, 1.165) is 37.6 Å². The largest absolute Gasteiger partial charge is 0.496 e. The maximum absolute atomic E-state index is 11.1. The van der Waals surface area contributed by atoms with Crippen LogP contribution in [0.25, 0.3) is 0 Å². The van der Waals surface area contributed by atoms with Crippen molar-refractivity contribution in [2.75, 3.05) is 13.7 Å². The zero-order chi connectivity index (χ0) is 14.8. The molecule has 6 nitrogen and oxygen atoms in total. The van der Waals surface area contributed by atoms with Crippen LogP contribution in [0.4, 0.5) is 0 Å². The number of benzene rings is 1. The van der Waals surface area contributed by atoms with E-state index in [1.807, 2.05) is 18.5 Å². The van der Waals surface area contributed by atoms with Crippen molar-refractivity contribution >= 4 is 5.97 Å². The summed E-state index contributed by atoms with van der Waals surface area (Å²) in [6, 6.07) is 5.24. The molecule has 110 valence electrons. The molecule has 0 bridgehead atoms. The predicted octanol–water partition coefficient (Wildman–Crippen LogP) is 1.61. The average molecular weight is 287 g/mol. The summed E-state index contributed by atoms with van der Waals surface area (Å²) in [7, 11) is 1.49. The van der Waals surface area contributed by atoms with Gasteiger partial charge in [0.25, 0.3) is 0 Å². The Balaban J connectivity index is 1.75. The highest BCUT2D eigenvalue weighted by molar-refractivity contribution is 5.90. The van der Waals surface area contributed by atoms with Gasteiger partial charge in [0.2, 0.25) is 0 Å². The van der Waals surface area contributed by atoms with E-state index >= 15 is 0 Å². The second kappa shape index (κ2) is 5.57. The van der Waals surface area contributed by atoms with Gasteiger partial charge in [0.05, 0.1) is 13.7 Å². The van der Waals surface area contributed by atoms with Crippen molar-refractivity contribution in [2.45, 2.75) is 19.6 Å². The Morgan fingerprint density at radius 2 is 2.29 bits per heavy atom. The van der Waals surface area contributed by atoms with Crippen LogP contribution in [0, 0.1) is 0 Å². The van der Waals surface area contributed by atoms with Gasteiger partial charge in [-0.3, -0.25) is 4.90 Å². The maximum atomic E-state index is 11.1. The monoisotopic (exact) mass is 287 g/mol. The lowest BCUT2D eigenvalue weighted by Gasteiger charge is -2.27. The number of ether oxygens (including phenoxy) is 1. The fourth-order valence-corrected chi connectivity index (χ4v) is 2.63. The van der Waals surface area contributed by atoms with Crippen LogP contribution in [-0.4, -0.2) is 39.2 Å². The molecule has 0 amide bonds. The van der Waals surface area contributed by atoms with Crippen molar-refractivity contribution in [3.63, 3.8) is 0 Å². The van der Waals surface area contributed by atoms with Gasteiger partial charge in [0.1, 0.15) is 17.1 Å². The first kappa shape index (κ1) is 13.6. The number of carboxylic acid groups (broad SMARTS) is 1. The molecule has 0 unspecified atom stereocenters. The summed E-state index contributed by atoms with van der Waals surface area (Å²) in [5.74, 6) is 0.493. The summed E-state index contributed by atoms with van der Waals surface area (Å²) in [4.78, 5) is 17.7. The Hall–Kier alpha value is -2.34. The number of nitrogens with zero attached hydrogens (tertiary/aromatic N) is 3. The molecule has 0 radical (unpaired) electrons. The lowest BCUT2D eigenvalue weighted by molar-refractivity contribution is 0.0693. The van der Waals surface area contributed by atoms with Crippen LogP contribution in [0.15, 0.2) is 30.6 Å². The molecule has 0 saturated carbocycles. The van der Waals surface area contributed by atoms with Crippen LogP contribution >= 0.6 is 0 Å². The highest BCUT2D eigenvalue weighted by Crippen LogP contribution is 2.22. The fraction of sp³-hybridized carbons (Fsp3) is 0.333. The second-order valence-electron chi connectivity index (χ2n) is 5.09. The van der Waals surface area contributed by atoms with Crippen LogP contribution < -0.4 is 4.74 Å². The van der Waals surface area contributed by atoms with Crippen LogP contribution in [0.2, 0.25) is 0 Å². The van der Waals surface area contributed by atoms with Gasteiger partial charge < -0.3 is 14.4 Å². The first-order valence-corrected chi connectivity index (χ1v) is 6.80. The molecule has 21 heavy (non-hydrogen) atoms. The third-order valence-corrected chi connectivity index (χ3v) is 3.73. The van der Waals surface area contributed by atoms with Gasteiger partial charge >= 0.3 is 5.97 Å². The number of fused-ring (bicyclic) bond motifs is 1. The Morgan fingerprint density at radius 3 is 3.05 bits per heavy atom. The minimum Gasteiger partial charge on any atom is -0.496 e. The molecule has 1 aromatic heterocycles. The molecule has 6 heteroatoms. The first-order valence-electron chi connectivity index (χ1n) is 6.80. The topological polar surface area (TPSA) is 67.6 Å². The first-order chi connectivity index (χ1) is 10.2. The van der Waals surface area contributed by atoms with E-state index in [2.05, 4.69) is 14.5 Å². The number of carbonyl (C=O) groups is 1. The van der Waals surface area contributed by atoms with Crippen molar-refractivity contribution in [3.05, 3.63) is 47.5 Å². The maximum Gasteiger partial charge on any atom is 0.339 e. The molecule has 2 heterocycles. The van der Waals surface area contributed by atoms with Gasteiger partial charge in [-0.15, -0.1) is 0 Å². The number of carboxylic acids is 1. The lowest BCUT2D eigenvalue weighted by Crippen LogP contribution is -2.33. The Labute approximate surface area is 122 Å². The molecule has 0 spiro atoms. The normalized spacial score (nSPS) is 14.7. The number of imidazole rings is 1. The molecular formula is C15H17N3O3. The molecule has 0 fully saturated rings. The number of aromatic nitrogens is 2. The third kappa shape index (κ3) is 2.75. The molecule has 2 aromatic rings. The summed E-state index contributed by atoms with van der Waals surface area (Å²) < 4.78 is 7.32. The van der Waals surface area contributed by atoms with E-state index in [9.17, 15) is 4.79 Å². The van der Waals surface area contributed by atoms with Crippen LogP contribution in [-0.2, 0) is 19.6 Å². The zero-order valence-electron chi connectivity index (χ0n) is 11.8. The SMILES string of the molecule is COc1cc(CN2CCn3ccnc3C2)ccc1C(=O)O. The highest BCUT2D eigenvalue weighted by Gasteiger charge is 2.18. The molecule has 1 N–H and O–H groups in total. The fourth-order valence-electron chi connectivity index (χ4n) is 2.63. The van der Waals surface area contributed by atoms with Crippen LogP contribution in [0.1, 0.15) is 21.7 Å². The zero-order valence-corrected chi connectivity index (χ0v) is 11.8. The van der Waals surface area contributed by atoms with Gasteiger partial charge in [-0.2, -0.15) is 0 Å². The second-order valence-corrected chi connectivity index (χ2v) is 5.09. The van der Waals surface area contributed by atoms with Crippen LogP contribution in [0.5, 0.6) is 5.75 Å². The van der Waals surface area contributed by atoms with Gasteiger partial charge in [-0.05, 0) is 17.7 Å². The molecular weight excluding hydrogens is 270 g/mol. The Bertz CT molecular complexity index is 666. The average Bonchev–Trinajstić information content (AvgIpc) is 2.94. The minimum atomic E-state index is -0.974. The number of rotatable bonds is 4. The van der Waals surface area contributed by atoms with Gasteiger partial charge in [-0.25, -0.2) is 9.78 Å². The van der Waals surface area contributed by atoms with Crippen molar-refractivity contribution in [1.82, 2.24) is 14.5 Å². The summed E-state index contributed by atoms with van der Waals surface area (Å²) in [5.41, 5.74) is 1.23. The lowest BCUT2D eigenvalue weighted by atomic mass is 10.1. The smallest absolute Gasteiger partial charge is 0.339 e. The third-order valence-electron chi connectivity index (χ3n) is 3.73. The Kier molecular flexibility index (Phi) is 3.62. The molecule has 1 aliphatic rings. The van der Waals surface area contributed by atoms with Gasteiger partial charge in [-0.1, -0.05) is 6.07 Å². The van der Waals surface area contributed by atoms with Crippen molar-refractivity contribution < 1.29 is 14.6 Å². The summed E-state index contributed by atoms with van der Waals surface area (Å²) in [6.07, 6.45) is 3.82. The molecule has 1 aromatic carbocycles. The van der Waals surface area contributed by atoms with Gasteiger partial charge in [0.15, 0.2) is 0 Å². The standard InChI is InChI=1S/C15H17N3O3/c1-21-13-8-11(2-3-12(13)15(19)20)9-17-6-7-18-5-4-16-14(18)10-17/h2-5,8H,6-7,9-10H2,1H3,(H,19,20). The predicted molar refractivity (Wildman–Crippen MR) is 76.3 cm³/mol. The van der Waals surface area contributed by atoms with E-state index < -0.39 is 5.97 Å².